The topological polar surface area (TPSA) is 81.7 Å². The fourth-order valence-corrected chi connectivity index (χ4v) is 4.86. The second-order valence-electron chi connectivity index (χ2n) is 6.10. The molecule has 140 valence electrons. The molecule has 0 aliphatic heterocycles. The maximum absolute atomic E-state index is 12.3. The molecule has 1 N–H and O–H groups in total. The third-order valence-corrected chi connectivity index (χ3v) is 6.52. The standard InChI is InChI=1S/C18H27NO5S/c1-3-23-14-9-10-17(24-4-2)16(13-14)19-18(20)11-12-25(21,22)15-7-5-6-8-15/h9-10,13,15H,3-8,11-12H2,1-2H3,(H,19,20). The summed E-state index contributed by atoms with van der Waals surface area (Å²) in [6.45, 7) is 4.72. The first kappa shape index (κ1) is 19.6. The summed E-state index contributed by atoms with van der Waals surface area (Å²) in [5, 5.41) is 2.47. The van der Waals surface area contributed by atoms with Crippen LogP contribution >= 0.6 is 0 Å². The first-order valence-electron chi connectivity index (χ1n) is 8.87. The van der Waals surface area contributed by atoms with Gasteiger partial charge < -0.3 is 14.8 Å². The molecule has 0 aromatic heterocycles. The molecule has 0 bridgehead atoms. The number of hydrogen-bond donors (Lipinski definition) is 1. The highest BCUT2D eigenvalue weighted by molar-refractivity contribution is 7.92. The molecule has 0 unspecified atom stereocenters. The number of ether oxygens (including phenoxy) is 2. The van der Waals surface area contributed by atoms with Crippen LogP contribution in [0.4, 0.5) is 5.69 Å². The molecule has 7 heteroatoms. The van der Waals surface area contributed by atoms with Gasteiger partial charge in [-0.05, 0) is 38.8 Å². The lowest BCUT2D eigenvalue weighted by Gasteiger charge is -2.14. The van der Waals surface area contributed by atoms with Crippen molar-refractivity contribution in [1.82, 2.24) is 0 Å². The maximum atomic E-state index is 12.3. The van der Waals surface area contributed by atoms with E-state index in [0.29, 0.717) is 30.4 Å². The number of amides is 1. The molecule has 6 nitrogen and oxygen atoms in total. The van der Waals surface area contributed by atoms with Crippen molar-refractivity contribution in [3.05, 3.63) is 18.2 Å². The zero-order valence-corrected chi connectivity index (χ0v) is 15.7. The van der Waals surface area contributed by atoms with Gasteiger partial charge in [-0.25, -0.2) is 8.42 Å². The molecule has 1 amide bonds. The quantitative estimate of drug-likeness (QED) is 0.723. The van der Waals surface area contributed by atoms with Crippen LogP contribution < -0.4 is 14.8 Å². The average molecular weight is 369 g/mol. The summed E-state index contributed by atoms with van der Waals surface area (Å²) < 4.78 is 35.5. The summed E-state index contributed by atoms with van der Waals surface area (Å²) in [5.74, 6) is 0.715. The molecule has 0 radical (unpaired) electrons. The van der Waals surface area contributed by atoms with E-state index >= 15 is 0 Å². The Hall–Kier alpha value is -1.76. The number of carbonyl (C=O) groups is 1. The van der Waals surface area contributed by atoms with Gasteiger partial charge in [0.05, 0.1) is 29.9 Å². The third-order valence-electron chi connectivity index (χ3n) is 4.26. The van der Waals surface area contributed by atoms with Gasteiger partial charge >= 0.3 is 0 Å². The highest BCUT2D eigenvalue weighted by atomic mass is 32.2. The lowest BCUT2D eigenvalue weighted by molar-refractivity contribution is -0.115. The molecule has 0 atom stereocenters. The van der Waals surface area contributed by atoms with Gasteiger partial charge in [0.1, 0.15) is 11.5 Å². The first-order chi connectivity index (χ1) is 12.0. The molecule has 1 aromatic carbocycles. The molecular weight excluding hydrogens is 342 g/mol. The highest BCUT2D eigenvalue weighted by Gasteiger charge is 2.28. The number of rotatable bonds is 9. The summed E-state index contributed by atoms with van der Waals surface area (Å²) in [6.07, 6.45) is 3.29. The van der Waals surface area contributed by atoms with E-state index in [1.54, 1.807) is 18.2 Å². The van der Waals surface area contributed by atoms with Crippen molar-refractivity contribution in [1.29, 1.82) is 0 Å². The van der Waals surface area contributed by atoms with Crippen LogP contribution in [0.2, 0.25) is 0 Å². The minimum Gasteiger partial charge on any atom is -0.494 e. The fourth-order valence-electron chi connectivity index (χ4n) is 3.01. The van der Waals surface area contributed by atoms with E-state index < -0.39 is 9.84 Å². The second kappa shape index (κ2) is 9.08. The minimum atomic E-state index is -3.20. The van der Waals surface area contributed by atoms with E-state index in [4.69, 9.17) is 9.47 Å². The van der Waals surface area contributed by atoms with E-state index in [2.05, 4.69) is 5.32 Å². The molecule has 1 aromatic rings. The van der Waals surface area contributed by atoms with Crippen LogP contribution in [-0.4, -0.2) is 38.5 Å². The molecule has 1 aliphatic rings. The molecular formula is C18H27NO5S. The Bertz CT molecular complexity index is 681. The van der Waals surface area contributed by atoms with Crippen molar-refractivity contribution in [2.75, 3.05) is 24.3 Å². The highest BCUT2D eigenvalue weighted by Crippen LogP contribution is 2.30. The maximum Gasteiger partial charge on any atom is 0.225 e. The molecule has 0 heterocycles. The molecule has 1 fully saturated rings. The van der Waals surface area contributed by atoms with Crippen molar-refractivity contribution in [2.24, 2.45) is 0 Å². The van der Waals surface area contributed by atoms with Crippen molar-refractivity contribution in [3.63, 3.8) is 0 Å². The van der Waals surface area contributed by atoms with Crippen LogP contribution in [0.15, 0.2) is 18.2 Å². The zero-order chi connectivity index (χ0) is 18.3. The predicted molar refractivity (Wildman–Crippen MR) is 98.1 cm³/mol. The molecule has 2 rings (SSSR count). The molecule has 25 heavy (non-hydrogen) atoms. The van der Waals surface area contributed by atoms with Crippen molar-refractivity contribution in [2.45, 2.75) is 51.2 Å². The van der Waals surface area contributed by atoms with Gasteiger partial charge in [0.25, 0.3) is 0 Å². The average Bonchev–Trinajstić information content (AvgIpc) is 3.11. The van der Waals surface area contributed by atoms with Gasteiger partial charge in [0.15, 0.2) is 9.84 Å². The molecule has 0 saturated heterocycles. The number of carbonyl (C=O) groups excluding carboxylic acids is 1. The zero-order valence-electron chi connectivity index (χ0n) is 14.9. The number of sulfone groups is 1. The van der Waals surface area contributed by atoms with Crippen molar-refractivity contribution >= 4 is 21.4 Å². The minimum absolute atomic E-state index is 0.0523. The fraction of sp³-hybridized carbons (Fsp3) is 0.611. The summed E-state index contributed by atoms with van der Waals surface area (Å²) in [5.41, 5.74) is 0.496. The third kappa shape index (κ3) is 5.63. The summed E-state index contributed by atoms with van der Waals surface area (Å²) >= 11 is 0. The van der Waals surface area contributed by atoms with E-state index in [1.165, 1.54) is 0 Å². The molecule has 1 aliphatic carbocycles. The van der Waals surface area contributed by atoms with E-state index in [-0.39, 0.29) is 23.3 Å². The van der Waals surface area contributed by atoms with Crippen LogP contribution in [0.3, 0.4) is 0 Å². The lowest BCUT2D eigenvalue weighted by Crippen LogP contribution is -2.24. The Morgan fingerprint density at radius 3 is 2.48 bits per heavy atom. The SMILES string of the molecule is CCOc1ccc(OCC)c(NC(=O)CCS(=O)(=O)C2CCCC2)c1. The van der Waals surface area contributed by atoms with Gasteiger partial charge in [-0.15, -0.1) is 0 Å². The van der Waals surface area contributed by atoms with Gasteiger partial charge in [0.2, 0.25) is 5.91 Å². The number of benzene rings is 1. The van der Waals surface area contributed by atoms with Crippen LogP contribution in [0, 0.1) is 0 Å². The number of hydrogen-bond acceptors (Lipinski definition) is 5. The van der Waals surface area contributed by atoms with Crippen LogP contribution in [0.25, 0.3) is 0 Å². The second-order valence-corrected chi connectivity index (χ2v) is 8.50. The normalized spacial score (nSPS) is 15.1. The van der Waals surface area contributed by atoms with Gasteiger partial charge in [0, 0.05) is 12.5 Å². The molecule has 1 saturated carbocycles. The largest absolute Gasteiger partial charge is 0.494 e. The van der Waals surface area contributed by atoms with E-state index in [0.717, 1.165) is 25.7 Å². The Balaban J connectivity index is 1.99. The summed E-state index contributed by atoms with van der Waals surface area (Å²) in [6, 6.07) is 5.20. The van der Waals surface area contributed by atoms with Gasteiger partial charge in [-0.2, -0.15) is 0 Å². The Kier molecular flexibility index (Phi) is 7.11. The summed E-state index contributed by atoms with van der Waals surface area (Å²) in [4.78, 5) is 12.2. The van der Waals surface area contributed by atoms with Gasteiger partial charge in [-0.3, -0.25) is 4.79 Å². The first-order valence-corrected chi connectivity index (χ1v) is 10.6. The number of anilines is 1. The molecule has 0 spiro atoms. The summed E-state index contributed by atoms with van der Waals surface area (Å²) in [7, 11) is -3.20. The van der Waals surface area contributed by atoms with Crippen molar-refractivity contribution in [3.8, 4) is 11.5 Å². The van der Waals surface area contributed by atoms with Gasteiger partial charge in [-0.1, -0.05) is 12.8 Å². The van der Waals surface area contributed by atoms with E-state index in [1.807, 2.05) is 13.8 Å². The van der Waals surface area contributed by atoms with Crippen LogP contribution in [0.1, 0.15) is 46.0 Å². The number of nitrogens with one attached hydrogen (secondary N) is 1. The van der Waals surface area contributed by atoms with E-state index in [9.17, 15) is 13.2 Å². The van der Waals surface area contributed by atoms with Crippen LogP contribution in [-0.2, 0) is 14.6 Å². The Labute approximate surface area is 149 Å². The monoisotopic (exact) mass is 369 g/mol. The lowest BCUT2D eigenvalue weighted by atomic mass is 10.2. The Morgan fingerprint density at radius 1 is 1.16 bits per heavy atom. The smallest absolute Gasteiger partial charge is 0.225 e. The Morgan fingerprint density at radius 2 is 1.84 bits per heavy atom. The van der Waals surface area contributed by atoms with Crippen LogP contribution in [0.5, 0.6) is 11.5 Å². The van der Waals surface area contributed by atoms with Crippen molar-refractivity contribution < 1.29 is 22.7 Å². The predicted octanol–water partition coefficient (Wildman–Crippen LogP) is 3.17.